The lowest BCUT2D eigenvalue weighted by Crippen LogP contribution is -2.43. The zero-order valence-corrected chi connectivity index (χ0v) is 31.6. The SMILES string of the molecule is CN(C)c1c([N+](=O)[O-])cc(N2C(=O)C3CC=C4C(CC5C(=O)N(c6cc([N+](=O)[O-])c(N(C)C)c([N+](=O)[O-])c6)C(=O)C5C4c4cc(Cl)ccc4O)C3C2=O)cc1[N+](=O)[O-]. The molecule has 3 aromatic rings. The Morgan fingerprint density at radius 3 is 1.50 bits per heavy atom. The van der Waals surface area contributed by atoms with E-state index in [2.05, 4.69) is 0 Å². The van der Waals surface area contributed by atoms with Gasteiger partial charge in [0.25, 0.3) is 0 Å². The van der Waals surface area contributed by atoms with Gasteiger partial charge in [-0.3, -0.25) is 59.6 Å². The minimum Gasteiger partial charge on any atom is -0.508 e. The standard InChI is InChI=1S/C36H31ClN8O13/c1-38(2)31-23(42(51)52)10-16(11-24(31)43(53)54)40-33(47)19-7-6-18-20(29(19)35(40)49)14-22-30(28(18)21-9-15(37)5-8-27(21)46)36(50)41(34(22)48)17-12-25(44(55)56)32(39(3)4)26(13-17)45(57)58/h5-6,8-13,19-20,22,28-30,46H,7,14H2,1-4H3. The summed E-state index contributed by atoms with van der Waals surface area (Å²) in [5, 5.41) is 60.0. The highest BCUT2D eigenvalue weighted by atomic mass is 35.5. The van der Waals surface area contributed by atoms with E-state index >= 15 is 0 Å². The van der Waals surface area contributed by atoms with Crippen LogP contribution in [0.4, 0.5) is 45.5 Å². The van der Waals surface area contributed by atoms with Gasteiger partial charge >= 0.3 is 22.7 Å². The molecule has 2 heterocycles. The van der Waals surface area contributed by atoms with E-state index in [1.807, 2.05) is 0 Å². The Morgan fingerprint density at radius 2 is 1.07 bits per heavy atom. The smallest absolute Gasteiger partial charge is 0.301 e. The van der Waals surface area contributed by atoms with E-state index in [-0.39, 0.29) is 40.6 Å². The molecule has 1 saturated carbocycles. The topological polar surface area (TPSA) is 274 Å². The van der Waals surface area contributed by atoms with Gasteiger partial charge in [-0.1, -0.05) is 23.3 Å². The molecule has 6 atom stereocenters. The summed E-state index contributed by atoms with van der Waals surface area (Å²) in [6, 6.07) is 7.54. The number of nitro benzene ring substituents is 4. The predicted octanol–water partition coefficient (Wildman–Crippen LogP) is 4.86. The minimum atomic E-state index is -1.32. The van der Waals surface area contributed by atoms with Gasteiger partial charge < -0.3 is 14.9 Å². The maximum atomic E-state index is 14.6. The van der Waals surface area contributed by atoms with Gasteiger partial charge in [-0.15, -0.1) is 0 Å². The number of aromatic hydroxyl groups is 1. The number of anilines is 4. The lowest BCUT2D eigenvalue weighted by Gasteiger charge is -2.44. The van der Waals surface area contributed by atoms with Gasteiger partial charge in [0.05, 0.1) is 54.7 Å². The van der Waals surface area contributed by atoms with Crippen LogP contribution in [0.5, 0.6) is 5.75 Å². The van der Waals surface area contributed by atoms with E-state index < -0.39 is 113 Å². The van der Waals surface area contributed by atoms with Gasteiger partial charge in [0.2, 0.25) is 23.6 Å². The molecule has 4 amide bonds. The zero-order valence-electron chi connectivity index (χ0n) is 30.8. The van der Waals surface area contributed by atoms with Gasteiger partial charge in [-0.05, 0) is 37.0 Å². The van der Waals surface area contributed by atoms with Gasteiger partial charge in [-0.2, -0.15) is 0 Å². The van der Waals surface area contributed by atoms with Crippen LogP contribution in [0.1, 0.15) is 24.3 Å². The summed E-state index contributed by atoms with van der Waals surface area (Å²) in [5.41, 5.74) is -4.18. The van der Waals surface area contributed by atoms with Crippen molar-refractivity contribution in [2.45, 2.75) is 18.8 Å². The number of benzene rings is 3. The van der Waals surface area contributed by atoms with Crippen LogP contribution in [0.2, 0.25) is 5.02 Å². The average Bonchev–Trinajstić information content (AvgIpc) is 3.56. The number of hydrogen-bond acceptors (Lipinski definition) is 15. The molecule has 2 aliphatic carbocycles. The van der Waals surface area contributed by atoms with E-state index in [1.54, 1.807) is 6.08 Å². The van der Waals surface area contributed by atoms with Crippen LogP contribution < -0.4 is 19.6 Å². The first-order valence-corrected chi connectivity index (χ1v) is 17.9. The number of allylic oxidation sites excluding steroid dienone is 2. The normalized spacial score (nSPS) is 23.6. The molecule has 7 rings (SSSR count). The molecule has 1 N–H and O–H groups in total. The molecule has 3 aromatic carbocycles. The van der Waals surface area contributed by atoms with E-state index in [0.717, 1.165) is 34.1 Å². The second-order valence-electron chi connectivity index (χ2n) is 14.7. The molecule has 0 aromatic heterocycles. The average molecular weight is 819 g/mol. The van der Waals surface area contributed by atoms with Crippen molar-refractivity contribution < 1.29 is 44.0 Å². The number of carbonyl (C=O) groups excluding carboxylic acids is 4. The Morgan fingerprint density at radius 1 is 0.638 bits per heavy atom. The maximum Gasteiger partial charge on any atom is 0.301 e. The molecular weight excluding hydrogens is 788 g/mol. The molecule has 0 spiro atoms. The maximum absolute atomic E-state index is 14.6. The number of phenolic OH excluding ortho intramolecular Hbond substituents is 1. The van der Waals surface area contributed by atoms with Crippen molar-refractivity contribution >= 4 is 80.7 Å². The Balaban J connectivity index is 1.37. The highest BCUT2D eigenvalue weighted by Crippen LogP contribution is 2.60. The number of nitro groups is 4. The zero-order chi connectivity index (χ0) is 42.4. The number of halogens is 1. The lowest BCUT2D eigenvalue weighted by molar-refractivity contribution is -0.392. The molecule has 21 nitrogen and oxygen atoms in total. The molecule has 0 bridgehead atoms. The third-order valence-corrected chi connectivity index (χ3v) is 11.5. The first-order valence-electron chi connectivity index (χ1n) is 17.5. The monoisotopic (exact) mass is 818 g/mol. The van der Waals surface area contributed by atoms with Crippen molar-refractivity contribution in [3.05, 3.63) is 105 Å². The van der Waals surface area contributed by atoms with E-state index in [0.29, 0.717) is 15.4 Å². The number of phenols is 1. The molecule has 58 heavy (non-hydrogen) atoms. The van der Waals surface area contributed by atoms with Gasteiger partial charge in [-0.25, -0.2) is 9.80 Å². The summed E-state index contributed by atoms with van der Waals surface area (Å²) in [6.45, 7) is 0. The Hall–Kier alpha value is -7.03. The molecule has 2 saturated heterocycles. The van der Waals surface area contributed by atoms with Crippen molar-refractivity contribution in [1.29, 1.82) is 0 Å². The quantitative estimate of drug-likeness (QED) is 0.131. The third-order valence-electron chi connectivity index (χ3n) is 11.3. The van der Waals surface area contributed by atoms with Crippen molar-refractivity contribution in [3.63, 3.8) is 0 Å². The van der Waals surface area contributed by atoms with E-state index in [9.17, 15) is 64.7 Å². The Bertz CT molecular complexity index is 2400. The van der Waals surface area contributed by atoms with E-state index in [4.69, 9.17) is 11.6 Å². The Kier molecular flexibility index (Phi) is 9.37. The molecular formula is C36H31ClN8O13. The summed E-state index contributed by atoms with van der Waals surface area (Å²) < 4.78 is 0. The first-order chi connectivity index (χ1) is 27.3. The molecule has 6 unspecified atom stereocenters. The van der Waals surface area contributed by atoms with Crippen LogP contribution in [0.25, 0.3) is 0 Å². The number of carbonyl (C=O) groups is 4. The van der Waals surface area contributed by atoms with Crippen molar-refractivity contribution in [2.24, 2.45) is 29.6 Å². The van der Waals surface area contributed by atoms with Gasteiger partial charge in [0.15, 0.2) is 11.4 Å². The molecule has 4 aliphatic rings. The summed E-state index contributed by atoms with van der Waals surface area (Å²) in [4.78, 5) is 106. The van der Waals surface area contributed by atoms with Crippen LogP contribution in [-0.4, -0.2) is 76.6 Å². The number of rotatable bonds is 9. The lowest BCUT2D eigenvalue weighted by atomic mass is 9.57. The summed E-state index contributed by atoms with van der Waals surface area (Å²) in [5.74, 6) is -11.0. The van der Waals surface area contributed by atoms with Crippen LogP contribution in [0.15, 0.2) is 54.1 Å². The van der Waals surface area contributed by atoms with Crippen LogP contribution in [0.3, 0.4) is 0 Å². The molecule has 0 radical (unpaired) electrons. The van der Waals surface area contributed by atoms with Crippen molar-refractivity contribution in [3.8, 4) is 5.75 Å². The van der Waals surface area contributed by atoms with E-state index in [1.165, 1.54) is 46.4 Å². The Labute approximate surface area is 331 Å². The minimum absolute atomic E-state index is 0.0824. The highest BCUT2D eigenvalue weighted by molar-refractivity contribution is 6.30. The van der Waals surface area contributed by atoms with Crippen molar-refractivity contribution in [2.75, 3.05) is 47.8 Å². The van der Waals surface area contributed by atoms with Crippen LogP contribution >= 0.6 is 11.6 Å². The largest absolute Gasteiger partial charge is 0.508 e. The molecule has 300 valence electrons. The number of imide groups is 2. The van der Waals surface area contributed by atoms with Crippen molar-refractivity contribution in [1.82, 2.24) is 0 Å². The third kappa shape index (κ3) is 5.83. The number of hydrogen-bond donors (Lipinski definition) is 1. The molecule has 22 heteroatoms. The fourth-order valence-corrected chi connectivity index (χ4v) is 9.31. The summed E-state index contributed by atoms with van der Waals surface area (Å²) in [7, 11) is 5.39. The van der Waals surface area contributed by atoms with Gasteiger partial charge in [0.1, 0.15) is 5.75 Å². The van der Waals surface area contributed by atoms with Crippen LogP contribution in [0, 0.1) is 70.0 Å². The molecule has 3 fully saturated rings. The number of fused-ring (bicyclic) bond motifs is 4. The van der Waals surface area contributed by atoms with Gasteiger partial charge in [0, 0.05) is 69.0 Å². The second kappa shape index (κ2) is 13.9. The van der Waals surface area contributed by atoms with Crippen LogP contribution in [-0.2, 0) is 19.2 Å². The second-order valence-corrected chi connectivity index (χ2v) is 15.2. The number of amides is 4. The highest BCUT2D eigenvalue weighted by Gasteiger charge is 2.63. The summed E-state index contributed by atoms with van der Waals surface area (Å²) >= 11 is 6.37. The number of nitrogens with zero attached hydrogens (tertiary/aromatic N) is 8. The fraction of sp³-hybridized carbons (Fsp3) is 0.333. The predicted molar refractivity (Wildman–Crippen MR) is 204 cm³/mol. The fourth-order valence-electron chi connectivity index (χ4n) is 9.13. The summed E-state index contributed by atoms with van der Waals surface area (Å²) in [6.07, 6.45) is 1.26. The first kappa shape index (κ1) is 39.2. The molecule has 2 aliphatic heterocycles.